The predicted molar refractivity (Wildman–Crippen MR) is 73.3 cm³/mol. The molecular formula is C16H13F2NO2. The van der Waals surface area contributed by atoms with Gasteiger partial charge in [-0.3, -0.25) is 4.79 Å². The minimum atomic E-state index is -0.456. The van der Waals surface area contributed by atoms with Crippen LogP contribution in [0.15, 0.2) is 42.5 Å². The van der Waals surface area contributed by atoms with Gasteiger partial charge in [-0.05, 0) is 36.4 Å². The number of benzene rings is 2. The smallest absolute Gasteiger partial charge is 0.251 e. The Morgan fingerprint density at radius 1 is 1.19 bits per heavy atom. The molecule has 108 valence electrons. The molecule has 0 aliphatic carbocycles. The van der Waals surface area contributed by atoms with Crippen LogP contribution < -0.4 is 10.1 Å². The summed E-state index contributed by atoms with van der Waals surface area (Å²) in [6.07, 6.45) is 0.301. The van der Waals surface area contributed by atoms with Crippen LogP contribution in [0.2, 0.25) is 0 Å². The summed E-state index contributed by atoms with van der Waals surface area (Å²) in [5.41, 5.74) is 1.05. The molecule has 3 nitrogen and oxygen atoms in total. The van der Waals surface area contributed by atoms with Crippen LogP contribution in [-0.2, 0) is 6.42 Å². The molecular weight excluding hydrogens is 276 g/mol. The van der Waals surface area contributed by atoms with Gasteiger partial charge >= 0.3 is 0 Å². The van der Waals surface area contributed by atoms with E-state index in [2.05, 4.69) is 5.32 Å². The lowest BCUT2D eigenvalue weighted by molar-refractivity contribution is 0.0933. The molecule has 1 aliphatic rings. The van der Waals surface area contributed by atoms with Gasteiger partial charge < -0.3 is 10.1 Å². The van der Waals surface area contributed by atoms with E-state index in [1.807, 2.05) is 0 Å². The molecule has 1 amide bonds. The fourth-order valence-corrected chi connectivity index (χ4v) is 2.34. The molecule has 0 spiro atoms. The fraction of sp³-hybridized carbons (Fsp3) is 0.188. The van der Waals surface area contributed by atoms with Crippen LogP contribution in [0.1, 0.15) is 15.9 Å². The van der Waals surface area contributed by atoms with E-state index in [1.165, 1.54) is 36.4 Å². The van der Waals surface area contributed by atoms with E-state index >= 15 is 0 Å². The van der Waals surface area contributed by atoms with Crippen molar-refractivity contribution >= 4 is 5.91 Å². The van der Waals surface area contributed by atoms with Gasteiger partial charge in [0.1, 0.15) is 23.5 Å². The number of rotatable bonds is 3. The largest absolute Gasteiger partial charge is 0.488 e. The van der Waals surface area contributed by atoms with Gasteiger partial charge in [-0.2, -0.15) is 0 Å². The molecule has 1 atom stereocenters. The van der Waals surface area contributed by atoms with Crippen LogP contribution in [-0.4, -0.2) is 18.6 Å². The average molecular weight is 289 g/mol. The Balaban J connectivity index is 1.59. The molecule has 3 rings (SSSR count). The lowest BCUT2D eigenvalue weighted by Crippen LogP contribution is -2.34. The van der Waals surface area contributed by atoms with E-state index in [-0.39, 0.29) is 29.9 Å². The molecule has 2 aromatic rings. The lowest BCUT2D eigenvalue weighted by Gasteiger charge is -2.12. The molecule has 1 N–H and O–H groups in total. The van der Waals surface area contributed by atoms with Gasteiger partial charge in [-0.1, -0.05) is 6.07 Å². The minimum Gasteiger partial charge on any atom is -0.488 e. The Labute approximate surface area is 120 Å². The monoisotopic (exact) mass is 289 g/mol. The number of ether oxygens (including phenoxy) is 1. The van der Waals surface area contributed by atoms with Crippen LogP contribution in [0.5, 0.6) is 5.75 Å². The number of carbonyl (C=O) groups is 1. The first-order valence-corrected chi connectivity index (χ1v) is 6.60. The van der Waals surface area contributed by atoms with E-state index in [1.54, 1.807) is 6.07 Å². The summed E-state index contributed by atoms with van der Waals surface area (Å²) in [4.78, 5) is 11.9. The zero-order valence-electron chi connectivity index (χ0n) is 11.1. The summed E-state index contributed by atoms with van der Waals surface area (Å²) in [5, 5.41) is 2.69. The van der Waals surface area contributed by atoms with E-state index < -0.39 is 5.82 Å². The number of hydrogen-bond donors (Lipinski definition) is 1. The quantitative estimate of drug-likeness (QED) is 0.943. The highest BCUT2D eigenvalue weighted by molar-refractivity contribution is 5.94. The second-order valence-corrected chi connectivity index (χ2v) is 4.92. The zero-order valence-corrected chi connectivity index (χ0v) is 11.1. The molecule has 5 heteroatoms. The molecule has 1 aliphatic heterocycles. The summed E-state index contributed by atoms with van der Waals surface area (Å²) in [6, 6.07) is 9.83. The van der Waals surface area contributed by atoms with E-state index in [0.29, 0.717) is 12.2 Å². The van der Waals surface area contributed by atoms with Crippen molar-refractivity contribution in [2.24, 2.45) is 0 Å². The Morgan fingerprint density at radius 3 is 2.81 bits per heavy atom. The van der Waals surface area contributed by atoms with Crippen LogP contribution in [0, 0.1) is 11.6 Å². The molecule has 0 fully saturated rings. The van der Waals surface area contributed by atoms with Gasteiger partial charge in [0.2, 0.25) is 0 Å². The zero-order chi connectivity index (χ0) is 14.8. The number of hydrogen-bond acceptors (Lipinski definition) is 2. The van der Waals surface area contributed by atoms with Crippen LogP contribution in [0.3, 0.4) is 0 Å². The van der Waals surface area contributed by atoms with E-state index in [9.17, 15) is 13.6 Å². The van der Waals surface area contributed by atoms with Gasteiger partial charge in [0.15, 0.2) is 0 Å². The first-order valence-electron chi connectivity index (χ1n) is 6.60. The van der Waals surface area contributed by atoms with Crippen molar-refractivity contribution in [3.63, 3.8) is 0 Å². The molecule has 0 saturated carbocycles. The molecule has 0 unspecified atom stereocenters. The Kier molecular flexibility index (Phi) is 3.56. The van der Waals surface area contributed by atoms with Crippen molar-refractivity contribution in [3.05, 3.63) is 65.2 Å². The normalized spacial score (nSPS) is 16.2. The maximum atomic E-state index is 13.1. The summed E-state index contributed by atoms with van der Waals surface area (Å²) >= 11 is 0. The van der Waals surface area contributed by atoms with Crippen molar-refractivity contribution in [3.8, 4) is 5.75 Å². The number of fused-ring (bicyclic) bond motifs is 1. The lowest BCUT2D eigenvalue weighted by atomic mass is 10.1. The Morgan fingerprint density at radius 2 is 2.00 bits per heavy atom. The SMILES string of the molecule is O=C(NC[C@H]1Cc2cc(F)ccc2O1)c1cccc(F)c1. The second-order valence-electron chi connectivity index (χ2n) is 4.92. The maximum Gasteiger partial charge on any atom is 0.251 e. The third-order valence-electron chi connectivity index (χ3n) is 3.34. The summed E-state index contributed by atoms with van der Waals surface area (Å²) in [5.74, 6) is -0.480. The topological polar surface area (TPSA) is 38.3 Å². The molecule has 2 aromatic carbocycles. The average Bonchev–Trinajstić information content (AvgIpc) is 2.86. The standard InChI is InChI=1S/C16H13F2NO2/c17-12-3-1-2-10(6-12)16(20)19-9-14-8-11-7-13(18)4-5-15(11)21-14/h1-7,14H,8-9H2,(H,19,20)/t14-/m1/s1. The van der Waals surface area contributed by atoms with Crippen molar-refractivity contribution in [2.75, 3.05) is 6.54 Å². The molecule has 1 heterocycles. The highest BCUT2D eigenvalue weighted by Gasteiger charge is 2.23. The number of carbonyl (C=O) groups excluding carboxylic acids is 1. The molecule has 0 radical (unpaired) electrons. The third kappa shape index (κ3) is 3.02. The van der Waals surface area contributed by atoms with Gasteiger partial charge in [-0.15, -0.1) is 0 Å². The Bertz CT molecular complexity index is 688. The summed E-state index contributed by atoms with van der Waals surface area (Å²) < 4.78 is 31.8. The molecule has 0 bridgehead atoms. The van der Waals surface area contributed by atoms with Gasteiger partial charge in [0.25, 0.3) is 5.91 Å². The fourth-order valence-electron chi connectivity index (χ4n) is 2.34. The predicted octanol–water partition coefficient (Wildman–Crippen LogP) is 2.70. The second kappa shape index (κ2) is 5.52. The van der Waals surface area contributed by atoms with Crippen molar-refractivity contribution in [1.82, 2.24) is 5.32 Å². The molecule has 21 heavy (non-hydrogen) atoms. The Hall–Kier alpha value is -2.43. The van der Waals surface area contributed by atoms with Crippen molar-refractivity contribution < 1.29 is 18.3 Å². The molecule has 0 aromatic heterocycles. The van der Waals surface area contributed by atoms with Crippen molar-refractivity contribution in [2.45, 2.75) is 12.5 Å². The molecule has 0 saturated heterocycles. The van der Waals surface area contributed by atoms with Crippen LogP contribution in [0.25, 0.3) is 0 Å². The third-order valence-corrected chi connectivity index (χ3v) is 3.34. The van der Waals surface area contributed by atoms with Gasteiger partial charge in [0, 0.05) is 17.5 Å². The van der Waals surface area contributed by atoms with E-state index in [0.717, 1.165) is 5.56 Å². The highest BCUT2D eigenvalue weighted by Crippen LogP contribution is 2.28. The highest BCUT2D eigenvalue weighted by atomic mass is 19.1. The number of nitrogens with one attached hydrogen (secondary N) is 1. The summed E-state index contributed by atoms with van der Waals surface area (Å²) in [6.45, 7) is 0.283. The number of halogens is 2. The van der Waals surface area contributed by atoms with Crippen LogP contribution >= 0.6 is 0 Å². The van der Waals surface area contributed by atoms with Gasteiger partial charge in [-0.25, -0.2) is 8.78 Å². The first kappa shape index (κ1) is 13.5. The first-order chi connectivity index (χ1) is 10.1. The minimum absolute atomic E-state index is 0.237. The van der Waals surface area contributed by atoms with E-state index in [4.69, 9.17) is 4.74 Å². The van der Waals surface area contributed by atoms with Crippen molar-refractivity contribution in [1.29, 1.82) is 0 Å². The van der Waals surface area contributed by atoms with Gasteiger partial charge in [0.05, 0.1) is 6.54 Å². The van der Waals surface area contributed by atoms with Crippen LogP contribution in [0.4, 0.5) is 8.78 Å². The number of amides is 1. The maximum absolute atomic E-state index is 13.1. The summed E-state index contributed by atoms with van der Waals surface area (Å²) in [7, 11) is 0.